The molecule has 0 fully saturated rings. The summed E-state index contributed by atoms with van der Waals surface area (Å²) >= 11 is 1.60. The maximum Gasteiger partial charge on any atom is 0.123 e. The van der Waals surface area contributed by atoms with E-state index in [4.69, 9.17) is 4.74 Å². The van der Waals surface area contributed by atoms with E-state index in [1.807, 2.05) is 6.26 Å². The molecule has 0 spiro atoms. The van der Waals surface area contributed by atoms with Crippen molar-refractivity contribution in [1.82, 2.24) is 0 Å². The lowest BCUT2D eigenvalue weighted by Crippen LogP contribution is -1.91. The van der Waals surface area contributed by atoms with Crippen LogP contribution in [0.3, 0.4) is 0 Å². The molecule has 0 amide bonds. The molecule has 0 N–H and O–H groups in total. The van der Waals surface area contributed by atoms with Gasteiger partial charge in [0.15, 0.2) is 0 Å². The Balaban J connectivity index is 2.95. The Morgan fingerprint density at radius 1 is 1.50 bits per heavy atom. The normalized spacial score (nSPS) is 10.2. The van der Waals surface area contributed by atoms with Crippen molar-refractivity contribution in [3.63, 3.8) is 0 Å². The highest BCUT2D eigenvalue weighted by molar-refractivity contribution is 7.98. The highest BCUT2D eigenvalue weighted by Crippen LogP contribution is 2.21. The van der Waals surface area contributed by atoms with Gasteiger partial charge in [-0.1, -0.05) is 0 Å². The minimum absolute atomic E-state index is 0.208. The number of methoxy groups -OCH3 is 1. The highest BCUT2D eigenvalue weighted by Gasteiger charge is 2.01. The third-order valence-corrected chi connectivity index (χ3v) is 2.38. The summed E-state index contributed by atoms with van der Waals surface area (Å²) in [4.78, 5) is 1.07. The molecule has 0 saturated carbocycles. The average molecular weight is 186 g/mol. The van der Waals surface area contributed by atoms with Gasteiger partial charge in [-0.05, 0) is 30.0 Å². The van der Waals surface area contributed by atoms with Gasteiger partial charge in [-0.2, -0.15) is 0 Å². The number of ether oxygens (including phenoxy) is 1. The Morgan fingerprint density at radius 2 is 2.25 bits per heavy atom. The van der Waals surface area contributed by atoms with Crippen LogP contribution in [-0.4, -0.2) is 13.4 Å². The van der Waals surface area contributed by atoms with Crippen LogP contribution < -0.4 is 0 Å². The van der Waals surface area contributed by atoms with Gasteiger partial charge in [-0.25, -0.2) is 4.39 Å². The summed E-state index contributed by atoms with van der Waals surface area (Å²) in [6.45, 7) is 0.466. The Kier molecular flexibility index (Phi) is 3.56. The largest absolute Gasteiger partial charge is 0.380 e. The van der Waals surface area contributed by atoms with Gasteiger partial charge in [0.25, 0.3) is 0 Å². The van der Waals surface area contributed by atoms with Crippen LogP contribution in [-0.2, 0) is 11.3 Å². The average Bonchev–Trinajstić information content (AvgIpc) is 2.05. The van der Waals surface area contributed by atoms with Gasteiger partial charge in [-0.15, -0.1) is 11.8 Å². The van der Waals surface area contributed by atoms with Crippen LogP contribution in [0.15, 0.2) is 23.1 Å². The maximum absolute atomic E-state index is 12.7. The second kappa shape index (κ2) is 4.48. The van der Waals surface area contributed by atoms with E-state index in [1.165, 1.54) is 12.1 Å². The quantitative estimate of drug-likeness (QED) is 0.671. The molecule has 0 radical (unpaired) electrons. The van der Waals surface area contributed by atoms with Gasteiger partial charge in [-0.3, -0.25) is 0 Å². The molecule has 0 aliphatic carbocycles. The van der Waals surface area contributed by atoms with Crippen molar-refractivity contribution in [2.45, 2.75) is 11.5 Å². The van der Waals surface area contributed by atoms with Gasteiger partial charge in [0, 0.05) is 12.0 Å². The van der Waals surface area contributed by atoms with E-state index in [9.17, 15) is 4.39 Å². The molecule has 1 aromatic rings. The first-order valence-electron chi connectivity index (χ1n) is 3.59. The van der Waals surface area contributed by atoms with Crippen LogP contribution in [0.4, 0.5) is 4.39 Å². The molecule has 3 heteroatoms. The zero-order valence-corrected chi connectivity index (χ0v) is 7.95. The van der Waals surface area contributed by atoms with Crippen molar-refractivity contribution in [2.24, 2.45) is 0 Å². The standard InChI is InChI=1S/C9H11FOS/c1-11-6-7-5-8(10)3-4-9(7)12-2/h3-5H,6H2,1-2H3. The molecule has 1 nitrogen and oxygen atoms in total. The molecule has 0 heterocycles. The molecule has 0 bridgehead atoms. The number of benzene rings is 1. The number of hydrogen-bond acceptors (Lipinski definition) is 2. The van der Waals surface area contributed by atoms with Crippen molar-refractivity contribution in [3.8, 4) is 0 Å². The minimum Gasteiger partial charge on any atom is -0.380 e. The molecule has 0 unspecified atom stereocenters. The third-order valence-electron chi connectivity index (χ3n) is 1.54. The van der Waals surface area contributed by atoms with Crippen molar-refractivity contribution in [3.05, 3.63) is 29.6 Å². The van der Waals surface area contributed by atoms with Crippen LogP contribution in [0.2, 0.25) is 0 Å². The smallest absolute Gasteiger partial charge is 0.123 e. The predicted octanol–water partition coefficient (Wildman–Crippen LogP) is 2.69. The van der Waals surface area contributed by atoms with Gasteiger partial charge < -0.3 is 4.74 Å². The summed E-state index contributed by atoms with van der Waals surface area (Å²) in [5, 5.41) is 0. The molecule has 0 aliphatic rings. The Bertz CT molecular complexity index is 263. The third kappa shape index (κ3) is 2.22. The Morgan fingerprint density at radius 3 is 2.83 bits per heavy atom. The van der Waals surface area contributed by atoms with E-state index >= 15 is 0 Å². The lowest BCUT2D eigenvalue weighted by atomic mass is 10.2. The van der Waals surface area contributed by atoms with Crippen molar-refractivity contribution in [2.75, 3.05) is 13.4 Å². The minimum atomic E-state index is -0.208. The molecule has 0 aromatic heterocycles. The van der Waals surface area contributed by atoms with Crippen LogP contribution in [0.5, 0.6) is 0 Å². The predicted molar refractivity (Wildman–Crippen MR) is 48.9 cm³/mol. The number of hydrogen-bond donors (Lipinski definition) is 0. The monoisotopic (exact) mass is 186 g/mol. The summed E-state index contributed by atoms with van der Waals surface area (Å²) < 4.78 is 17.7. The topological polar surface area (TPSA) is 9.23 Å². The first-order chi connectivity index (χ1) is 5.77. The fourth-order valence-corrected chi connectivity index (χ4v) is 1.60. The number of thioether (sulfide) groups is 1. The summed E-state index contributed by atoms with van der Waals surface area (Å²) in [5.41, 5.74) is 0.907. The number of rotatable bonds is 3. The lowest BCUT2D eigenvalue weighted by Gasteiger charge is -2.05. The summed E-state index contributed by atoms with van der Waals surface area (Å²) in [7, 11) is 1.61. The van der Waals surface area contributed by atoms with Gasteiger partial charge in [0.2, 0.25) is 0 Å². The molecule has 0 saturated heterocycles. The fraction of sp³-hybridized carbons (Fsp3) is 0.333. The summed E-state index contributed by atoms with van der Waals surface area (Å²) in [6.07, 6.45) is 1.96. The van der Waals surface area contributed by atoms with E-state index in [0.717, 1.165) is 10.5 Å². The lowest BCUT2D eigenvalue weighted by molar-refractivity contribution is 0.182. The van der Waals surface area contributed by atoms with Crippen molar-refractivity contribution in [1.29, 1.82) is 0 Å². The first kappa shape index (κ1) is 9.55. The summed E-state index contributed by atoms with van der Waals surface area (Å²) in [5.74, 6) is -0.208. The maximum atomic E-state index is 12.7. The first-order valence-corrected chi connectivity index (χ1v) is 4.81. The van der Waals surface area contributed by atoms with Gasteiger partial charge in [0.1, 0.15) is 5.82 Å². The molecule has 66 valence electrons. The molecule has 1 rings (SSSR count). The highest BCUT2D eigenvalue weighted by atomic mass is 32.2. The zero-order valence-electron chi connectivity index (χ0n) is 7.13. The molecule has 1 aromatic carbocycles. The molecule has 12 heavy (non-hydrogen) atoms. The van der Waals surface area contributed by atoms with Crippen LogP contribution in [0.25, 0.3) is 0 Å². The molecular formula is C9H11FOS. The van der Waals surface area contributed by atoms with E-state index in [2.05, 4.69) is 0 Å². The van der Waals surface area contributed by atoms with Gasteiger partial charge >= 0.3 is 0 Å². The zero-order chi connectivity index (χ0) is 8.97. The Labute approximate surface area is 75.9 Å². The second-order valence-corrected chi connectivity index (χ2v) is 3.24. The van der Waals surface area contributed by atoms with Crippen LogP contribution >= 0.6 is 11.8 Å². The number of halogens is 1. The molecular weight excluding hydrogens is 175 g/mol. The molecule has 0 aliphatic heterocycles. The Hall–Kier alpha value is -0.540. The van der Waals surface area contributed by atoms with Crippen LogP contribution in [0, 0.1) is 5.82 Å². The van der Waals surface area contributed by atoms with Crippen LogP contribution in [0.1, 0.15) is 5.56 Å². The van der Waals surface area contributed by atoms with Gasteiger partial charge in [0.05, 0.1) is 6.61 Å². The van der Waals surface area contributed by atoms with Crippen molar-refractivity contribution < 1.29 is 9.13 Å². The van der Waals surface area contributed by atoms with E-state index in [0.29, 0.717) is 6.61 Å². The van der Waals surface area contributed by atoms with E-state index < -0.39 is 0 Å². The van der Waals surface area contributed by atoms with Crippen molar-refractivity contribution >= 4 is 11.8 Å². The van der Waals surface area contributed by atoms with E-state index in [-0.39, 0.29) is 5.82 Å². The summed E-state index contributed by atoms with van der Waals surface area (Å²) in [6, 6.07) is 4.74. The SMILES string of the molecule is COCc1cc(F)ccc1SC. The fourth-order valence-electron chi connectivity index (χ4n) is 1.02. The van der Waals surface area contributed by atoms with E-state index in [1.54, 1.807) is 24.9 Å². The molecule has 0 atom stereocenters. The second-order valence-electron chi connectivity index (χ2n) is 2.39.